The molecule has 0 aliphatic rings. The molecule has 0 bridgehead atoms. The third kappa shape index (κ3) is 4.06. The lowest BCUT2D eigenvalue weighted by atomic mass is 10.2. The second kappa shape index (κ2) is 7.57. The highest BCUT2D eigenvalue weighted by atomic mass is 28.3. The minimum atomic E-state index is -1.21. The molecule has 0 heterocycles. The Balaban J connectivity index is 2.52. The molecule has 1 aromatic carbocycles. The van der Waals surface area contributed by atoms with E-state index in [2.05, 4.69) is 0 Å². The van der Waals surface area contributed by atoms with Gasteiger partial charge in [-0.25, -0.2) is 0 Å². The largest absolute Gasteiger partial charge is 0.411 e. The van der Waals surface area contributed by atoms with Crippen molar-refractivity contribution in [2.45, 2.75) is 18.7 Å². The molecule has 0 aromatic heterocycles. The standard InChI is InChI=1S/C12H19O3Si/c1-3-16(15-10-9-14-2)12(13)11-7-5-4-6-8-11/h4-8,12-13H,3,9-10H2,1-2H3. The number of ether oxygens (including phenoxy) is 1. The van der Waals surface area contributed by atoms with Crippen molar-refractivity contribution >= 4 is 9.04 Å². The minimum absolute atomic E-state index is 0.465. The monoisotopic (exact) mass is 239 g/mol. The molecule has 1 N–H and O–H groups in total. The van der Waals surface area contributed by atoms with Gasteiger partial charge >= 0.3 is 0 Å². The molecular weight excluding hydrogens is 220 g/mol. The Morgan fingerprint density at radius 3 is 2.50 bits per heavy atom. The highest BCUT2D eigenvalue weighted by Gasteiger charge is 2.23. The second-order valence-corrected chi connectivity index (χ2v) is 5.95. The number of aliphatic hydroxyl groups excluding tert-OH is 1. The van der Waals surface area contributed by atoms with Crippen molar-refractivity contribution in [2.75, 3.05) is 20.3 Å². The fourth-order valence-corrected chi connectivity index (χ4v) is 3.11. The molecule has 4 heteroatoms. The molecule has 0 saturated heterocycles. The summed E-state index contributed by atoms with van der Waals surface area (Å²) in [4.78, 5) is 0. The first-order valence-corrected chi connectivity index (χ1v) is 7.19. The van der Waals surface area contributed by atoms with Crippen molar-refractivity contribution < 1.29 is 14.3 Å². The number of aliphatic hydroxyl groups is 1. The van der Waals surface area contributed by atoms with E-state index in [4.69, 9.17) is 9.16 Å². The topological polar surface area (TPSA) is 38.7 Å². The van der Waals surface area contributed by atoms with Crippen LogP contribution in [0, 0.1) is 0 Å². The zero-order valence-corrected chi connectivity index (χ0v) is 10.8. The van der Waals surface area contributed by atoms with Gasteiger partial charge in [-0.1, -0.05) is 37.3 Å². The van der Waals surface area contributed by atoms with E-state index in [0.29, 0.717) is 13.2 Å². The van der Waals surface area contributed by atoms with E-state index in [9.17, 15) is 5.11 Å². The molecule has 0 aliphatic heterocycles. The van der Waals surface area contributed by atoms with Crippen LogP contribution in [0.1, 0.15) is 18.2 Å². The molecule has 0 saturated carbocycles. The van der Waals surface area contributed by atoms with Crippen LogP contribution in [0.4, 0.5) is 0 Å². The van der Waals surface area contributed by atoms with Crippen molar-refractivity contribution in [3.8, 4) is 0 Å². The third-order valence-electron chi connectivity index (χ3n) is 2.34. The molecule has 1 atom stereocenters. The average Bonchev–Trinajstić information content (AvgIpc) is 2.35. The Kier molecular flexibility index (Phi) is 6.33. The molecule has 16 heavy (non-hydrogen) atoms. The van der Waals surface area contributed by atoms with E-state index in [-0.39, 0.29) is 0 Å². The molecule has 1 aromatic rings. The third-order valence-corrected chi connectivity index (χ3v) is 4.56. The van der Waals surface area contributed by atoms with E-state index >= 15 is 0 Å². The van der Waals surface area contributed by atoms with Crippen LogP contribution in [-0.2, 0) is 9.16 Å². The van der Waals surface area contributed by atoms with Gasteiger partial charge in [-0.15, -0.1) is 0 Å². The van der Waals surface area contributed by atoms with Crippen molar-refractivity contribution in [1.82, 2.24) is 0 Å². The van der Waals surface area contributed by atoms with E-state index in [0.717, 1.165) is 11.6 Å². The van der Waals surface area contributed by atoms with Crippen LogP contribution in [0.25, 0.3) is 0 Å². The fourth-order valence-electron chi connectivity index (χ4n) is 1.45. The van der Waals surface area contributed by atoms with Crippen LogP contribution in [0.2, 0.25) is 6.04 Å². The maximum atomic E-state index is 10.2. The number of hydrogen-bond donors (Lipinski definition) is 1. The van der Waals surface area contributed by atoms with Gasteiger partial charge in [0.2, 0.25) is 9.04 Å². The van der Waals surface area contributed by atoms with Crippen LogP contribution < -0.4 is 0 Å². The molecule has 89 valence electrons. The summed E-state index contributed by atoms with van der Waals surface area (Å²) in [7, 11) is 0.437. The first kappa shape index (κ1) is 13.4. The fraction of sp³-hybridized carbons (Fsp3) is 0.500. The number of methoxy groups -OCH3 is 1. The maximum absolute atomic E-state index is 10.2. The van der Waals surface area contributed by atoms with Crippen molar-refractivity contribution in [3.05, 3.63) is 35.9 Å². The van der Waals surface area contributed by atoms with E-state index < -0.39 is 14.8 Å². The Hall–Kier alpha value is -0.683. The van der Waals surface area contributed by atoms with Gasteiger partial charge in [0, 0.05) is 7.11 Å². The molecule has 3 nitrogen and oxygen atoms in total. The van der Waals surface area contributed by atoms with E-state index in [1.807, 2.05) is 37.3 Å². The summed E-state index contributed by atoms with van der Waals surface area (Å²) in [6, 6.07) is 10.6. The molecule has 1 rings (SSSR count). The van der Waals surface area contributed by atoms with Gasteiger partial charge in [-0.2, -0.15) is 0 Å². The molecule has 0 spiro atoms. The van der Waals surface area contributed by atoms with Crippen LogP contribution in [-0.4, -0.2) is 34.5 Å². The highest BCUT2D eigenvalue weighted by Crippen LogP contribution is 2.18. The number of benzene rings is 1. The van der Waals surface area contributed by atoms with Crippen molar-refractivity contribution in [1.29, 1.82) is 0 Å². The average molecular weight is 239 g/mol. The van der Waals surface area contributed by atoms with Crippen molar-refractivity contribution in [2.24, 2.45) is 0 Å². The van der Waals surface area contributed by atoms with Gasteiger partial charge in [0.25, 0.3) is 0 Å². The smallest absolute Gasteiger partial charge is 0.246 e. The Labute approximate surface area is 98.7 Å². The summed E-state index contributed by atoms with van der Waals surface area (Å²) in [6.45, 7) is 3.19. The summed E-state index contributed by atoms with van der Waals surface area (Å²) in [5.41, 5.74) is 0.476. The van der Waals surface area contributed by atoms with Crippen LogP contribution in [0.3, 0.4) is 0 Å². The van der Waals surface area contributed by atoms with Crippen LogP contribution in [0.15, 0.2) is 30.3 Å². The normalized spacial score (nSPS) is 13.0. The van der Waals surface area contributed by atoms with Gasteiger partial charge in [-0.3, -0.25) is 0 Å². The van der Waals surface area contributed by atoms with Gasteiger partial charge < -0.3 is 14.3 Å². The lowest BCUT2D eigenvalue weighted by Crippen LogP contribution is -2.28. The SMILES string of the molecule is CC[Si](OCCOC)C(O)c1ccccc1. The van der Waals surface area contributed by atoms with Gasteiger partial charge in [0.1, 0.15) is 0 Å². The first-order valence-electron chi connectivity index (χ1n) is 5.50. The number of hydrogen-bond acceptors (Lipinski definition) is 3. The summed E-state index contributed by atoms with van der Waals surface area (Å²) in [5.74, 6) is 0. The van der Waals surface area contributed by atoms with E-state index in [1.54, 1.807) is 7.11 Å². The lowest BCUT2D eigenvalue weighted by Gasteiger charge is -2.19. The summed E-state index contributed by atoms with van der Waals surface area (Å²) >= 11 is 0. The zero-order chi connectivity index (χ0) is 11.8. The quantitative estimate of drug-likeness (QED) is 0.584. The van der Waals surface area contributed by atoms with Crippen LogP contribution >= 0.6 is 0 Å². The molecule has 1 radical (unpaired) electrons. The first-order chi connectivity index (χ1) is 7.79. The summed E-state index contributed by atoms with van der Waals surface area (Å²) in [5, 5.41) is 10.2. The molecule has 0 fully saturated rings. The second-order valence-electron chi connectivity index (χ2n) is 3.47. The molecule has 0 aliphatic carbocycles. The Morgan fingerprint density at radius 1 is 1.25 bits per heavy atom. The lowest BCUT2D eigenvalue weighted by molar-refractivity contribution is 0.133. The van der Waals surface area contributed by atoms with Gasteiger partial charge in [0.15, 0.2) is 0 Å². The summed E-state index contributed by atoms with van der Waals surface area (Å²) < 4.78 is 10.6. The van der Waals surface area contributed by atoms with E-state index in [1.165, 1.54) is 0 Å². The van der Waals surface area contributed by atoms with Gasteiger partial charge in [-0.05, 0) is 11.6 Å². The highest BCUT2D eigenvalue weighted by molar-refractivity contribution is 6.52. The van der Waals surface area contributed by atoms with Crippen molar-refractivity contribution in [3.63, 3.8) is 0 Å². The maximum Gasteiger partial charge on any atom is 0.246 e. The summed E-state index contributed by atoms with van der Waals surface area (Å²) in [6.07, 6.45) is 0. The molecule has 0 amide bonds. The number of rotatable bonds is 7. The van der Waals surface area contributed by atoms with Crippen LogP contribution in [0.5, 0.6) is 0 Å². The molecule has 1 unspecified atom stereocenters. The predicted octanol–water partition coefficient (Wildman–Crippen LogP) is 1.93. The Morgan fingerprint density at radius 2 is 1.94 bits per heavy atom. The zero-order valence-electron chi connectivity index (χ0n) is 9.85. The molecular formula is C12H19O3Si. The Bertz CT molecular complexity index is 279. The minimum Gasteiger partial charge on any atom is -0.411 e. The van der Waals surface area contributed by atoms with Gasteiger partial charge in [0.05, 0.1) is 18.9 Å². The predicted molar refractivity (Wildman–Crippen MR) is 65.5 cm³/mol.